The fraction of sp³-hybridized carbons (Fsp3) is 0.167. The highest BCUT2D eigenvalue weighted by Crippen LogP contribution is 2.23. The number of carbonyl (C=O) groups is 1. The van der Waals surface area contributed by atoms with Crippen LogP contribution >= 0.6 is 0 Å². The van der Waals surface area contributed by atoms with Crippen molar-refractivity contribution >= 4 is 27.8 Å². The van der Waals surface area contributed by atoms with E-state index in [1.54, 1.807) is 42.5 Å². The SMILES string of the molecule is Cc1ccc(N(Cc2ccc(C(=O)N/N=C/c3ccc(F)cc3)cc2)S(C)(=O)=O)cc1C. The molecule has 3 rings (SSSR count). The van der Waals surface area contributed by atoms with Crippen LogP contribution in [-0.2, 0) is 16.6 Å². The van der Waals surface area contributed by atoms with Crippen LogP contribution in [0.3, 0.4) is 0 Å². The van der Waals surface area contributed by atoms with Gasteiger partial charge in [0.05, 0.1) is 24.7 Å². The summed E-state index contributed by atoms with van der Waals surface area (Å²) in [4.78, 5) is 12.3. The summed E-state index contributed by atoms with van der Waals surface area (Å²) < 4.78 is 39.0. The van der Waals surface area contributed by atoms with Crippen molar-refractivity contribution in [1.29, 1.82) is 0 Å². The molecule has 0 spiro atoms. The number of carbonyl (C=O) groups excluding carboxylic acids is 1. The van der Waals surface area contributed by atoms with Gasteiger partial charge in [0.1, 0.15) is 5.82 Å². The maximum Gasteiger partial charge on any atom is 0.271 e. The summed E-state index contributed by atoms with van der Waals surface area (Å²) >= 11 is 0. The van der Waals surface area contributed by atoms with Crippen molar-refractivity contribution in [3.63, 3.8) is 0 Å². The average molecular weight is 454 g/mol. The Morgan fingerprint density at radius 3 is 2.25 bits per heavy atom. The van der Waals surface area contributed by atoms with Crippen molar-refractivity contribution in [3.8, 4) is 0 Å². The summed E-state index contributed by atoms with van der Waals surface area (Å²) in [5, 5.41) is 3.87. The van der Waals surface area contributed by atoms with E-state index in [9.17, 15) is 17.6 Å². The zero-order valence-electron chi connectivity index (χ0n) is 18.0. The van der Waals surface area contributed by atoms with Gasteiger partial charge in [-0.25, -0.2) is 18.2 Å². The predicted octanol–water partition coefficient (Wildman–Crippen LogP) is 4.17. The van der Waals surface area contributed by atoms with Gasteiger partial charge in [-0.2, -0.15) is 5.10 Å². The Morgan fingerprint density at radius 1 is 1.00 bits per heavy atom. The van der Waals surface area contributed by atoms with Crippen LogP contribution in [0.1, 0.15) is 32.6 Å². The number of sulfonamides is 1. The van der Waals surface area contributed by atoms with Crippen LogP contribution < -0.4 is 9.73 Å². The fourth-order valence-corrected chi connectivity index (χ4v) is 3.87. The van der Waals surface area contributed by atoms with Crippen LogP contribution in [0.25, 0.3) is 0 Å². The molecule has 166 valence electrons. The molecular formula is C24H24FN3O3S. The summed E-state index contributed by atoms with van der Waals surface area (Å²) in [7, 11) is -3.50. The maximum atomic E-state index is 12.9. The van der Waals surface area contributed by atoms with Crippen LogP contribution in [0.15, 0.2) is 71.8 Å². The second kappa shape index (κ2) is 9.74. The smallest absolute Gasteiger partial charge is 0.267 e. The van der Waals surface area contributed by atoms with E-state index in [0.29, 0.717) is 16.8 Å². The first kappa shape index (κ1) is 23.1. The molecule has 0 aliphatic carbocycles. The number of benzene rings is 3. The number of rotatable bonds is 7. The van der Waals surface area contributed by atoms with Gasteiger partial charge < -0.3 is 0 Å². The van der Waals surface area contributed by atoms with Gasteiger partial charge in [-0.15, -0.1) is 0 Å². The van der Waals surface area contributed by atoms with Crippen molar-refractivity contribution in [2.45, 2.75) is 20.4 Å². The highest BCUT2D eigenvalue weighted by atomic mass is 32.2. The Labute approximate surface area is 187 Å². The second-order valence-corrected chi connectivity index (χ2v) is 9.39. The first-order valence-corrected chi connectivity index (χ1v) is 11.7. The molecule has 0 aromatic heterocycles. The topological polar surface area (TPSA) is 78.8 Å². The Bertz CT molecular complexity index is 1240. The third kappa shape index (κ3) is 6.01. The number of nitrogens with zero attached hydrogens (tertiary/aromatic N) is 2. The monoisotopic (exact) mass is 453 g/mol. The molecule has 0 heterocycles. The van der Waals surface area contributed by atoms with E-state index < -0.39 is 15.9 Å². The molecule has 0 unspecified atom stereocenters. The predicted molar refractivity (Wildman–Crippen MR) is 125 cm³/mol. The molecule has 1 N–H and O–H groups in total. The fourth-order valence-electron chi connectivity index (χ4n) is 2.99. The van der Waals surface area contributed by atoms with Crippen LogP contribution in [0.4, 0.5) is 10.1 Å². The summed E-state index contributed by atoms with van der Waals surface area (Å²) in [5.74, 6) is -0.762. The molecule has 32 heavy (non-hydrogen) atoms. The summed E-state index contributed by atoms with van der Waals surface area (Å²) in [6.07, 6.45) is 2.59. The second-order valence-electron chi connectivity index (χ2n) is 7.49. The van der Waals surface area contributed by atoms with Crippen molar-refractivity contribution in [3.05, 3.63) is 100 Å². The van der Waals surface area contributed by atoms with Gasteiger partial charge in [0.2, 0.25) is 10.0 Å². The van der Waals surface area contributed by atoms with Crippen LogP contribution in [0.5, 0.6) is 0 Å². The van der Waals surface area contributed by atoms with Crippen LogP contribution in [0.2, 0.25) is 0 Å². The van der Waals surface area contributed by atoms with E-state index in [4.69, 9.17) is 0 Å². The van der Waals surface area contributed by atoms with Crippen molar-refractivity contribution in [1.82, 2.24) is 5.43 Å². The molecule has 0 fully saturated rings. The molecule has 8 heteroatoms. The average Bonchev–Trinajstić information content (AvgIpc) is 2.75. The van der Waals surface area contributed by atoms with Gasteiger partial charge in [-0.3, -0.25) is 9.10 Å². The third-order valence-corrected chi connectivity index (χ3v) is 6.11. The van der Waals surface area contributed by atoms with Gasteiger partial charge in [0.25, 0.3) is 5.91 Å². The molecule has 0 atom stereocenters. The quantitative estimate of drug-likeness (QED) is 0.431. The number of anilines is 1. The number of nitrogens with one attached hydrogen (secondary N) is 1. The molecule has 0 saturated heterocycles. The molecule has 0 radical (unpaired) electrons. The van der Waals surface area contributed by atoms with Crippen molar-refractivity contribution in [2.75, 3.05) is 10.6 Å². The van der Waals surface area contributed by atoms with E-state index in [2.05, 4.69) is 10.5 Å². The number of halogens is 1. The summed E-state index contributed by atoms with van der Waals surface area (Å²) in [6.45, 7) is 4.05. The third-order valence-electron chi connectivity index (χ3n) is 4.97. The van der Waals surface area contributed by atoms with Gasteiger partial charge in [-0.05, 0) is 72.5 Å². The Hall–Kier alpha value is -3.52. The number of aryl methyl sites for hydroxylation is 2. The van der Waals surface area contributed by atoms with E-state index in [-0.39, 0.29) is 12.4 Å². The molecule has 6 nitrogen and oxygen atoms in total. The largest absolute Gasteiger partial charge is 0.271 e. The minimum atomic E-state index is -3.50. The van der Waals surface area contributed by atoms with Gasteiger partial charge in [0.15, 0.2) is 0 Å². The van der Waals surface area contributed by atoms with E-state index in [0.717, 1.165) is 16.7 Å². The lowest BCUT2D eigenvalue weighted by molar-refractivity contribution is 0.0955. The molecule has 0 aliphatic rings. The normalized spacial score (nSPS) is 11.5. The number of hydrogen-bond donors (Lipinski definition) is 1. The standard InChI is InChI=1S/C24H24FN3O3S/c1-17-4-13-23(14-18(17)2)28(32(3,30)31)16-20-5-9-21(10-6-20)24(29)27-26-15-19-7-11-22(25)12-8-19/h4-15H,16H2,1-3H3,(H,27,29)/b26-15+. The van der Waals surface area contributed by atoms with Crippen LogP contribution in [-0.4, -0.2) is 26.8 Å². The Balaban J connectivity index is 1.69. The van der Waals surface area contributed by atoms with E-state index in [1.165, 1.54) is 28.9 Å². The molecule has 0 bridgehead atoms. The molecule has 1 amide bonds. The minimum Gasteiger partial charge on any atom is -0.267 e. The lowest BCUT2D eigenvalue weighted by atomic mass is 10.1. The van der Waals surface area contributed by atoms with E-state index >= 15 is 0 Å². The summed E-state index contributed by atoms with van der Waals surface area (Å²) in [6, 6.07) is 17.9. The highest BCUT2D eigenvalue weighted by molar-refractivity contribution is 7.92. The lowest BCUT2D eigenvalue weighted by Crippen LogP contribution is -2.29. The molecule has 3 aromatic carbocycles. The molecule has 3 aromatic rings. The van der Waals surface area contributed by atoms with Gasteiger partial charge in [0, 0.05) is 5.56 Å². The Morgan fingerprint density at radius 2 is 1.66 bits per heavy atom. The van der Waals surface area contributed by atoms with Crippen molar-refractivity contribution in [2.24, 2.45) is 5.10 Å². The molecular weight excluding hydrogens is 429 g/mol. The van der Waals surface area contributed by atoms with Crippen LogP contribution in [0, 0.1) is 19.7 Å². The Kier molecular flexibility index (Phi) is 7.05. The highest BCUT2D eigenvalue weighted by Gasteiger charge is 2.18. The minimum absolute atomic E-state index is 0.145. The van der Waals surface area contributed by atoms with Crippen molar-refractivity contribution < 1.29 is 17.6 Å². The van der Waals surface area contributed by atoms with Gasteiger partial charge in [-0.1, -0.05) is 30.3 Å². The molecule has 0 saturated carbocycles. The number of amides is 1. The van der Waals surface area contributed by atoms with E-state index in [1.807, 2.05) is 26.0 Å². The number of hydrazone groups is 1. The maximum absolute atomic E-state index is 12.9. The first-order chi connectivity index (χ1) is 15.1. The summed E-state index contributed by atoms with van der Waals surface area (Å²) in [5.41, 5.74) is 6.85. The number of hydrogen-bond acceptors (Lipinski definition) is 4. The van der Waals surface area contributed by atoms with Gasteiger partial charge >= 0.3 is 0 Å². The molecule has 0 aliphatic heterocycles. The zero-order valence-corrected chi connectivity index (χ0v) is 18.9. The zero-order chi connectivity index (χ0) is 23.3. The lowest BCUT2D eigenvalue weighted by Gasteiger charge is -2.23. The first-order valence-electron chi connectivity index (χ1n) is 9.86.